The lowest BCUT2D eigenvalue weighted by Crippen LogP contribution is -2.04. The van der Waals surface area contributed by atoms with Gasteiger partial charge in [-0.15, -0.1) is 0 Å². The van der Waals surface area contributed by atoms with E-state index in [1.807, 2.05) is 31.2 Å². The molecular weight excluding hydrogens is 336 g/mol. The van der Waals surface area contributed by atoms with Crippen LogP contribution in [0, 0.1) is 10.1 Å². The van der Waals surface area contributed by atoms with Gasteiger partial charge in [0.05, 0.1) is 10.5 Å². The summed E-state index contributed by atoms with van der Waals surface area (Å²) in [5.41, 5.74) is 7.35. The van der Waals surface area contributed by atoms with E-state index in [1.165, 1.54) is 6.07 Å². The van der Waals surface area contributed by atoms with E-state index >= 15 is 0 Å². The summed E-state index contributed by atoms with van der Waals surface area (Å²) >= 11 is 3.22. The molecule has 0 radical (unpaired) electrons. The summed E-state index contributed by atoms with van der Waals surface area (Å²) in [6, 6.07) is 12.3. The summed E-state index contributed by atoms with van der Waals surface area (Å²) in [6.07, 6.45) is 0. The fourth-order valence-electron chi connectivity index (χ4n) is 1.86. The third-order valence-corrected chi connectivity index (χ3v) is 3.54. The smallest absolute Gasteiger partial charge is 0.277 e. The van der Waals surface area contributed by atoms with Gasteiger partial charge >= 0.3 is 0 Å². The summed E-state index contributed by atoms with van der Waals surface area (Å²) in [5, 5.41) is 11.0. The zero-order chi connectivity index (χ0) is 15.4. The van der Waals surface area contributed by atoms with Crippen LogP contribution in [0.1, 0.15) is 24.1 Å². The van der Waals surface area contributed by atoms with Gasteiger partial charge < -0.3 is 10.5 Å². The van der Waals surface area contributed by atoms with Crippen LogP contribution >= 0.6 is 15.9 Å². The minimum atomic E-state index is -0.414. The van der Waals surface area contributed by atoms with E-state index in [9.17, 15) is 10.1 Å². The summed E-state index contributed by atoms with van der Waals surface area (Å²) in [4.78, 5) is 10.6. The maximum Gasteiger partial charge on any atom is 0.277 e. The van der Waals surface area contributed by atoms with Gasteiger partial charge in [-0.3, -0.25) is 10.1 Å². The maximum absolute atomic E-state index is 11.0. The largest absolute Gasteiger partial charge is 0.489 e. The van der Waals surface area contributed by atoms with E-state index in [0.717, 1.165) is 5.56 Å². The van der Waals surface area contributed by atoms with E-state index < -0.39 is 4.92 Å². The van der Waals surface area contributed by atoms with Gasteiger partial charge in [-0.05, 0) is 36.8 Å². The van der Waals surface area contributed by atoms with Crippen molar-refractivity contribution in [2.45, 2.75) is 19.6 Å². The van der Waals surface area contributed by atoms with Crippen LogP contribution in [0.3, 0.4) is 0 Å². The van der Waals surface area contributed by atoms with Crippen molar-refractivity contribution in [2.75, 3.05) is 0 Å². The van der Waals surface area contributed by atoms with Crippen LogP contribution in [0.2, 0.25) is 0 Å². The van der Waals surface area contributed by atoms with Crippen molar-refractivity contribution < 1.29 is 9.66 Å². The van der Waals surface area contributed by atoms with Gasteiger partial charge in [0, 0.05) is 16.6 Å². The van der Waals surface area contributed by atoms with Gasteiger partial charge in [0.15, 0.2) is 0 Å². The predicted octanol–water partition coefficient (Wildman–Crippen LogP) is 3.96. The predicted molar refractivity (Wildman–Crippen MR) is 84.2 cm³/mol. The highest BCUT2D eigenvalue weighted by molar-refractivity contribution is 9.10. The Labute approximate surface area is 131 Å². The number of nitrogens with two attached hydrogens (primary N) is 1. The molecule has 2 aromatic carbocycles. The minimum Gasteiger partial charge on any atom is -0.489 e. The quantitative estimate of drug-likeness (QED) is 0.653. The highest BCUT2D eigenvalue weighted by atomic mass is 79.9. The molecular formula is C15H15BrN2O3. The molecule has 0 aliphatic rings. The number of hydrogen-bond acceptors (Lipinski definition) is 4. The first-order valence-electron chi connectivity index (χ1n) is 6.38. The molecule has 5 nitrogen and oxygen atoms in total. The number of benzene rings is 2. The molecule has 0 aliphatic heterocycles. The van der Waals surface area contributed by atoms with Crippen molar-refractivity contribution in [1.29, 1.82) is 0 Å². The maximum atomic E-state index is 11.0. The third-order valence-electron chi connectivity index (χ3n) is 3.04. The average molecular weight is 351 g/mol. The average Bonchev–Trinajstić information content (AvgIpc) is 2.46. The van der Waals surface area contributed by atoms with Gasteiger partial charge in [0.1, 0.15) is 12.4 Å². The molecule has 0 bridgehead atoms. The van der Waals surface area contributed by atoms with Crippen molar-refractivity contribution in [3.63, 3.8) is 0 Å². The number of nitro benzene ring substituents is 1. The van der Waals surface area contributed by atoms with Gasteiger partial charge in [0.25, 0.3) is 5.69 Å². The van der Waals surface area contributed by atoms with Crippen LogP contribution < -0.4 is 10.5 Å². The SMILES string of the molecule is C[C@H](N)c1ccc(OCc2ccc(Br)cc2[N+](=O)[O-])cc1. The van der Waals surface area contributed by atoms with Crippen molar-refractivity contribution in [3.8, 4) is 5.75 Å². The standard InChI is InChI=1S/C15H15BrN2O3/c1-10(17)11-3-6-14(7-4-11)21-9-12-2-5-13(16)8-15(12)18(19)20/h2-8,10H,9,17H2,1H3/t10-/m0/s1. The first-order valence-corrected chi connectivity index (χ1v) is 7.18. The molecule has 0 fully saturated rings. The monoisotopic (exact) mass is 350 g/mol. The molecule has 0 heterocycles. The molecule has 6 heteroatoms. The van der Waals surface area contributed by atoms with Gasteiger partial charge in [-0.1, -0.05) is 28.1 Å². The second kappa shape index (κ2) is 6.69. The number of nitrogens with zero attached hydrogens (tertiary/aromatic N) is 1. The number of halogens is 1. The van der Waals surface area contributed by atoms with Gasteiger partial charge in [-0.2, -0.15) is 0 Å². The van der Waals surface area contributed by atoms with Crippen molar-refractivity contribution in [3.05, 3.63) is 68.2 Å². The fourth-order valence-corrected chi connectivity index (χ4v) is 2.21. The van der Waals surface area contributed by atoms with E-state index in [2.05, 4.69) is 15.9 Å². The fraction of sp³-hybridized carbons (Fsp3) is 0.200. The molecule has 0 aromatic heterocycles. The lowest BCUT2D eigenvalue weighted by atomic mass is 10.1. The molecule has 0 amide bonds. The van der Waals surface area contributed by atoms with E-state index in [4.69, 9.17) is 10.5 Å². The Morgan fingerprint density at radius 3 is 2.52 bits per heavy atom. The van der Waals surface area contributed by atoms with Crippen molar-refractivity contribution >= 4 is 21.6 Å². The Morgan fingerprint density at radius 1 is 1.29 bits per heavy atom. The summed E-state index contributed by atoms with van der Waals surface area (Å²) in [6.45, 7) is 2.04. The van der Waals surface area contributed by atoms with Crippen LogP contribution in [-0.2, 0) is 6.61 Å². The Balaban J connectivity index is 2.11. The summed E-state index contributed by atoms with van der Waals surface area (Å²) < 4.78 is 6.26. The Morgan fingerprint density at radius 2 is 1.95 bits per heavy atom. The molecule has 2 rings (SSSR count). The normalized spacial score (nSPS) is 12.0. The van der Waals surface area contributed by atoms with Gasteiger partial charge in [-0.25, -0.2) is 0 Å². The Bertz CT molecular complexity index is 642. The molecule has 0 saturated heterocycles. The number of ether oxygens (including phenoxy) is 1. The second-order valence-corrected chi connectivity index (χ2v) is 5.59. The first-order chi connectivity index (χ1) is 9.97. The molecule has 110 valence electrons. The van der Waals surface area contributed by atoms with Crippen molar-refractivity contribution in [2.24, 2.45) is 5.73 Å². The zero-order valence-electron chi connectivity index (χ0n) is 11.5. The molecule has 21 heavy (non-hydrogen) atoms. The van der Waals surface area contributed by atoms with Crippen LogP contribution in [0.25, 0.3) is 0 Å². The summed E-state index contributed by atoms with van der Waals surface area (Å²) in [5.74, 6) is 0.650. The van der Waals surface area contributed by atoms with E-state index in [0.29, 0.717) is 15.8 Å². The minimum absolute atomic E-state index is 0.0355. The highest BCUT2D eigenvalue weighted by Crippen LogP contribution is 2.25. The second-order valence-electron chi connectivity index (χ2n) is 4.68. The van der Waals surface area contributed by atoms with Crippen LogP contribution in [0.15, 0.2) is 46.9 Å². The molecule has 0 unspecified atom stereocenters. The molecule has 1 atom stereocenters. The Kier molecular flexibility index (Phi) is 4.93. The Hall–Kier alpha value is -1.92. The highest BCUT2D eigenvalue weighted by Gasteiger charge is 2.14. The number of hydrogen-bond donors (Lipinski definition) is 1. The van der Waals surface area contributed by atoms with Crippen LogP contribution in [-0.4, -0.2) is 4.92 Å². The third kappa shape index (κ3) is 4.03. The summed E-state index contributed by atoms with van der Waals surface area (Å²) in [7, 11) is 0. The topological polar surface area (TPSA) is 78.4 Å². The number of nitro groups is 1. The zero-order valence-corrected chi connectivity index (χ0v) is 13.0. The molecule has 0 saturated carbocycles. The number of rotatable bonds is 5. The van der Waals surface area contributed by atoms with Crippen LogP contribution in [0.4, 0.5) is 5.69 Å². The lowest BCUT2D eigenvalue weighted by Gasteiger charge is -2.09. The molecule has 2 aromatic rings. The van der Waals surface area contributed by atoms with Crippen molar-refractivity contribution in [1.82, 2.24) is 0 Å². The molecule has 2 N–H and O–H groups in total. The molecule has 0 spiro atoms. The lowest BCUT2D eigenvalue weighted by molar-refractivity contribution is -0.385. The van der Waals surface area contributed by atoms with E-state index in [1.54, 1.807) is 12.1 Å². The molecule has 0 aliphatic carbocycles. The first kappa shape index (κ1) is 15.5. The van der Waals surface area contributed by atoms with E-state index in [-0.39, 0.29) is 18.3 Å². The van der Waals surface area contributed by atoms with Crippen LogP contribution in [0.5, 0.6) is 5.75 Å². The van der Waals surface area contributed by atoms with Gasteiger partial charge in [0.2, 0.25) is 0 Å².